The fourth-order valence-corrected chi connectivity index (χ4v) is 7.26. The van der Waals surface area contributed by atoms with Crippen LogP contribution in [0.5, 0.6) is 0 Å². The Balaban J connectivity index is 1.65. The Bertz CT molecular complexity index is 904. The highest BCUT2D eigenvalue weighted by Crippen LogP contribution is 2.67. The van der Waals surface area contributed by atoms with Crippen molar-refractivity contribution in [3.8, 4) is 0 Å². The Morgan fingerprint density at radius 3 is 2.59 bits per heavy atom. The van der Waals surface area contributed by atoms with Crippen molar-refractivity contribution < 1.29 is 34.4 Å². The number of hydrogen-bond acceptors (Lipinski definition) is 7. The second-order valence-corrected chi connectivity index (χ2v) is 10.9. The molecule has 4 aliphatic carbocycles. The van der Waals surface area contributed by atoms with E-state index in [9.17, 15) is 29.7 Å². The molecule has 0 bridgehead atoms. The van der Waals surface area contributed by atoms with Gasteiger partial charge >= 0.3 is 5.97 Å². The number of allylic oxidation sites excluding steroid dienone is 4. The molecule has 3 N–H and O–H groups in total. The van der Waals surface area contributed by atoms with Crippen molar-refractivity contribution in [3.05, 3.63) is 23.8 Å². The zero-order valence-electron chi connectivity index (χ0n) is 19.2. The van der Waals surface area contributed by atoms with Crippen LogP contribution >= 0.6 is 0 Å². The van der Waals surface area contributed by atoms with E-state index >= 15 is 0 Å². The molecule has 3 fully saturated rings. The molecule has 0 amide bonds. The van der Waals surface area contributed by atoms with E-state index in [0.717, 1.165) is 5.57 Å². The van der Waals surface area contributed by atoms with E-state index in [4.69, 9.17) is 4.74 Å². The monoisotopic (exact) mass is 446 g/mol. The molecule has 176 valence electrons. The second-order valence-electron chi connectivity index (χ2n) is 10.9. The number of aliphatic hydroxyl groups is 3. The number of esters is 1. The SMILES string of the molecule is CC(C)C(=O)OCC(=O)[C@@]1(O)C(O)C[C@H]2[C@@H]3CCC4=CC(=O)C=C[C@]4(C)[C@H]3C(O)C[C@@]21C. The van der Waals surface area contributed by atoms with Crippen LogP contribution in [-0.2, 0) is 19.1 Å². The average molecular weight is 447 g/mol. The van der Waals surface area contributed by atoms with Gasteiger partial charge in [0, 0.05) is 16.7 Å². The largest absolute Gasteiger partial charge is 0.457 e. The summed E-state index contributed by atoms with van der Waals surface area (Å²) < 4.78 is 5.08. The first-order chi connectivity index (χ1) is 14.9. The van der Waals surface area contributed by atoms with Gasteiger partial charge in [-0.05, 0) is 49.7 Å². The maximum Gasteiger partial charge on any atom is 0.308 e. The van der Waals surface area contributed by atoms with E-state index < -0.39 is 52.9 Å². The third-order valence-corrected chi connectivity index (χ3v) is 8.96. The Kier molecular flexibility index (Phi) is 5.55. The average Bonchev–Trinajstić information content (AvgIpc) is 2.93. The first-order valence-electron chi connectivity index (χ1n) is 11.6. The number of ether oxygens (including phenoxy) is 1. The summed E-state index contributed by atoms with van der Waals surface area (Å²) in [5, 5.41) is 33.9. The number of carbonyl (C=O) groups excluding carboxylic acids is 3. The molecule has 32 heavy (non-hydrogen) atoms. The lowest BCUT2D eigenvalue weighted by Gasteiger charge is -2.59. The summed E-state index contributed by atoms with van der Waals surface area (Å²) in [7, 11) is 0. The molecular formula is C25H34O7. The maximum atomic E-state index is 13.1. The Morgan fingerprint density at radius 1 is 1.25 bits per heavy atom. The lowest BCUT2D eigenvalue weighted by Crippen LogP contribution is -2.64. The molecule has 3 saturated carbocycles. The summed E-state index contributed by atoms with van der Waals surface area (Å²) in [4.78, 5) is 36.9. The first kappa shape index (κ1) is 23.3. The van der Waals surface area contributed by atoms with Crippen LogP contribution in [0.2, 0.25) is 0 Å². The number of aliphatic hydroxyl groups excluding tert-OH is 2. The van der Waals surface area contributed by atoms with E-state index in [1.165, 1.54) is 0 Å². The molecule has 0 aromatic rings. The number of Topliss-reactive ketones (excluding diaryl/α,β-unsaturated/α-hetero) is 1. The Morgan fingerprint density at radius 2 is 1.94 bits per heavy atom. The highest BCUT2D eigenvalue weighted by atomic mass is 16.5. The molecule has 7 nitrogen and oxygen atoms in total. The van der Waals surface area contributed by atoms with Crippen LogP contribution in [-0.4, -0.2) is 57.3 Å². The lowest BCUT2D eigenvalue weighted by atomic mass is 9.46. The van der Waals surface area contributed by atoms with Gasteiger partial charge in [0.15, 0.2) is 18.0 Å². The van der Waals surface area contributed by atoms with Crippen LogP contribution in [0.4, 0.5) is 0 Å². The lowest BCUT2D eigenvalue weighted by molar-refractivity contribution is -0.192. The molecule has 4 aliphatic rings. The minimum Gasteiger partial charge on any atom is -0.457 e. The topological polar surface area (TPSA) is 121 Å². The summed E-state index contributed by atoms with van der Waals surface area (Å²) in [5.41, 5.74) is -2.62. The highest BCUT2D eigenvalue weighted by molar-refractivity contribution is 6.01. The molecule has 0 aromatic heterocycles. The van der Waals surface area contributed by atoms with Gasteiger partial charge in [-0.1, -0.05) is 39.3 Å². The minimum atomic E-state index is -2.10. The quantitative estimate of drug-likeness (QED) is 0.563. The van der Waals surface area contributed by atoms with Crippen molar-refractivity contribution in [3.63, 3.8) is 0 Å². The molecule has 0 aliphatic heterocycles. The molecule has 8 atom stereocenters. The van der Waals surface area contributed by atoms with Crippen molar-refractivity contribution in [2.45, 2.75) is 71.2 Å². The van der Waals surface area contributed by atoms with Gasteiger partial charge in [-0.2, -0.15) is 0 Å². The van der Waals surface area contributed by atoms with E-state index in [1.54, 1.807) is 32.9 Å². The second kappa shape index (κ2) is 7.61. The van der Waals surface area contributed by atoms with Crippen molar-refractivity contribution in [1.29, 1.82) is 0 Å². The fraction of sp³-hybridized carbons (Fsp3) is 0.720. The summed E-state index contributed by atoms with van der Waals surface area (Å²) in [5.74, 6) is -2.11. The summed E-state index contributed by atoms with van der Waals surface area (Å²) >= 11 is 0. The zero-order valence-corrected chi connectivity index (χ0v) is 19.2. The highest BCUT2D eigenvalue weighted by Gasteiger charge is 2.71. The predicted octanol–water partition coefficient (Wildman–Crippen LogP) is 1.74. The van der Waals surface area contributed by atoms with Gasteiger partial charge in [-0.15, -0.1) is 0 Å². The summed E-state index contributed by atoms with van der Waals surface area (Å²) in [6.07, 6.45) is 4.77. The zero-order chi connectivity index (χ0) is 23.6. The van der Waals surface area contributed by atoms with Gasteiger partial charge in [0.2, 0.25) is 5.78 Å². The van der Waals surface area contributed by atoms with Crippen LogP contribution in [0.25, 0.3) is 0 Å². The van der Waals surface area contributed by atoms with Gasteiger partial charge in [0.25, 0.3) is 0 Å². The Labute approximate surface area is 188 Å². The number of ketones is 2. The van der Waals surface area contributed by atoms with Crippen molar-refractivity contribution in [2.75, 3.05) is 6.61 Å². The van der Waals surface area contributed by atoms with Crippen LogP contribution in [0.3, 0.4) is 0 Å². The third kappa shape index (κ3) is 3.08. The first-order valence-corrected chi connectivity index (χ1v) is 11.6. The van der Waals surface area contributed by atoms with Gasteiger partial charge in [0.1, 0.15) is 0 Å². The number of hydrogen-bond donors (Lipinski definition) is 3. The third-order valence-electron chi connectivity index (χ3n) is 8.96. The van der Waals surface area contributed by atoms with E-state index in [-0.39, 0.29) is 36.4 Å². The fourth-order valence-electron chi connectivity index (χ4n) is 7.26. The van der Waals surface area contributed by atoms with Gasteiger partial charge in [-0.3, -0.25) is 14.4 Å². The number of rotatable bonds is 4. The van der Waals surface area contributed by atoms with E-state index in [2.05, 4.69) is 0 Å². The molecule has 7 heteroatoms. The Hall–Kier alpha value is -1.83. The van der Waals surface area contributed by atoms with Crippen LogP contribution in [0.1, 0.15) is 53.4 Å². The van der Waals surface area contributed by atoms with E-state index in [1.807, 2.05) is 13.0 Å². The molecule has 0 saturated heterocycles. The van der Waals surface area contributed by atoms with Crippen LogP contribution in [0, 0.1) is 34.5 Å². The normalized spacial score (nSPS) is 45.1. The molecule has 4 rings (SSSR count). The summed E-state index contributed by atoms with van der Waals surface area (Å²) in [6.45, 7) is 6.51. The molecule has 0 radical (unpaired) electrons. The van der Waals surface area contributed by atoms with E-state index in [0.29, 0.717) is 12.8 Å². The number of fused-ring (bicyclic) bond motifs is 5. The van der Waals surface area contributed by atoms with Gasteiger partial charge in [-0.25, -0.2) is 0 Å². The smallest absolute Gasteiger partial charge is 0.308 e. The van der Waals surface area contributed by atoms with Crippen LogP contribution < -0.4 is 0 Å². The van der Waals surface area contributed by atoms with Crippen molar-refractivity contribution >= 4 is 17.5 Å². The molecule has 0 aromatic carbocycles. The molecule has 0 spiro atoms. The standard InChI is InChI=1S/C25H34O7/c1-13(2)22(30)32-12-20(29)25(31)19(28)10-17-16-6-5-14-9-15(26)7-8-23(14,3)21(16)18(27)11-24(17,25)4/h7-9,13,16-19,21,27-28,31H,5-6,10-12H2,1-4H3/t16-,17-,18?,19?,21+,23-,24-,25-/m0/s1. The summed E-state index contributed by atoms with van der Waals surface area (Å²) in [6, 6.07) is 0. The molecular weight excluding hydrogens is 412 g/mol. The van der Waals surface area contributed by atoms with Gasteiger partial charge in [0.05, 0.1) is 18.1 Å². The predicted molar refractivity (Wildman–Crippen MR) is 115 cm³/mol. The van der Waals surface area contributed by atoms with Gasteiger partial charge < -0.3 is 20.1 Å². The maximum absolute atomic E-state index is 13.1. The number of carbonyl (C=O) groups is 3. The molecule has 0 heterocycles. The minimum absolute atomic E-state index is 0.0292. The van der Waals surface area contributed by atoms with Crippen molar-refractivity contribution in [1.82, 2.24) is 0 Å². The van der Waals surface area contributed by atoms with Crippen molar-refractivity contribution in [2.24, 2.45) is 34.5 Å². The van der Waals surface area contributed by atoms with Crippen LogP contribution in [0.15, 0.2) is 23.8 Å². The molecule has 2 unspecified atom stereocenters.